The highest BCUT2D eigenvalue weighted by Crippen LogP contribution is 2.39. The quantitative estimate of drug-likeness (QED) is 0.382. The fourth-order valence-electron chi connectivity index (χ4n) is 1.56. The van der Waals surface area contributed by atoms with Gasteiger partial charge in [-0.3, -0.25) is 0 Å². The lowest BCUT2D eigenvalue weighted by atomic mass is 9.87. The molecule has 0 amide bonds. The van der Waals surface area contributed by atoms with Gasteiger partial charge in [0.2, 0.25) is 0 Å². The van der Waals surface area contributed by atoms with Crippen molar-refractivity contribution in [3.63, 3.8) is 0 Å². The first-order valence-electron chi connectivity index (χ1n) is 4.07. The maximum Gasteiger partial charge on any atom is 0.0238 e. The summed E-state index contributed by atoms with van der Waals surface area (Å²) < 4.78 is 2.77. The molecule has 0 saturated heterocycles. The average Bonchev–Trinajstić information content (AvgIpc) is 1.97. The van der Waals surface area contributed by atoms with E-state index < -0.39 is 0 Å². The van der Waals surface area contributed by atoms with Gasteiger partial charge in [0.1, 0.15) is 0 Å². The van der Waals surface area contributed by atoms with E-state index in [1.807, 2.05) is 0 Å². The Labute approximate surface area is 110 Å². The van der Waals surface area contributed by atoms with Crippen LogP contribution in [-0.2, 0) is 0 Å². The molecule has 4 unspecified atom stereocenters. The molecule has 4 atom stereocenters. The Morgan fingerprint density at radius 1 is 1.00 bits per heavy atom. The van der Waals surface area contributed by atoms with Crippen LogP contribution in [0.4, 0.5) is 0 Å². The lowest BCUT2D eigenvalue weighted by Gasteiger charge is -2.33. The van der Waals surface area contributed by atoms with E-state index in [0.717, 1.165) is 17.7 Å². The molecule has 0 spiro atoms. The van der Waals surface area contributed by atoms with E-state index in [4.69, 9.17) is 0 Å². The molecule has 11 heavy (non-hydrogen) atoms. The van der Waals surface area contributed by atoms with Crippen molar-refractivity contribution in [1.29, 1.82) is 0 Å². The van der Waals surface area contributed by atoms with Crippen molar-refractivity contribution in [3.05, 3.63) is 0 Å². The van der Waals surface area contributed by atoms with Crippen molar-refractivity contribution >= 4 is 67.8 Å². The summed E-state index contributed by atoms with van der Waals surface area (Å²) in [6, 6.07) is 0. The predicted molar refractivity (Wildman–Crippen MR) is 76.4 cm³/mol. The zero-order valence-electron chi connectivity index (χ0n) is 6.56. The topological polar surface area (TPSA) is 0 Å². The molecule has 1 aliphatic carbocycles. The van der Waals surface area contributed by atoms with Crippen LogP contribution in [0.3, 0.4) is 0 Å². The molecule has 0 aromatic rings. The van der Waals surface area contributed by atoms with Gasteiger partial charge in [-0.1, -0.05) is 81.1 Å². The first-order valence-corrected chi connectivity index (χ1v) is 7.81. The molecule has 1 rings (SSSR count). The lowest BCUT2D eigenvalue weighted by Crippen LogP contribution is -2.32. The van der Waals surface area contributed by atoms with E-state index in [1.54, 1.807) is 0 Å². The van der Waals surface area contributed by atoms with Gasteiger partial charge in [0.25, 0.3) is 0 Å². The molecule has 0 heterocycles. The van der Waals surface area contributed by atoms with Crippen molar-refractivity contribution in [3.8, 4) is 0 Å². The summed E-state index contributed by atoms with van der Waals surface area (Å²) in [6.07, 6.45) is 4.24. The first-order chi connectivity index (χ1) is 5.15. The van der Waals surface area contributed by atoms with Gasteiger partial charge < -0.3 is 0 Å². The minimum atomic E-state index is 0.915. The zero-order chi connectivity index (χ0) is 8.43. The molecule has 1 fully saturated rings. The summed E-state index contributed by atoms with van der Waals surface area (Å²) in [5.41, 5.74) is 0. The van der Waals surface area contributed by atoms with Crippen molar-refractivity contribution in [2.45, 2.75) is 38.0 Å². The molecular weight excluding hydrogens is 477 g/mol. The van der Waals surface area contributed by atoms with Crippen LogP contribution in [0.2, 0.25) is 0 Å². The highest BCUT2D eigenvalue weighted by molar-refractivity contribution is 14.1. The van der Waals surface area contributed by atoms with E-state index in [9.17, 15) is 0 Å². The van der Waals surface area contributed by atoms with E-state index in [-0.39, 0.29) is 0 Å². The average molecular weight is 490 g/mol. The summed E-state index contributed by atoms with van der Waals surface area (Å²) in [5, 5.41) is 0. The Morgan fingerprint density at radius 2 is 1.55 bits per heavy atom. The molecule has 0 nitrogen and oxygen atoms in total. The molecule has 0 radical (unpaired) electrons. The standard InChI is InChI=1S/C8H13I3/c1-2-5-3-7(10)8(11)4-6(5)9/h5-8H,2-4H2,1H3. The van der Waals surface area contributed by atoms with Crippen LogP contribution in [0.25, 0.3) is 0 Å². The van der Waals surface area contributed by atoms with Gasteiger partial charge in [0.15, 0.2) is 0 Å². The summed E-state index contributed by atoms with van der Waals surface area (Å²) in [7, 11) is 0. The minimum absolute atomic E-state index is 0.915. The van der Waals surface area contributed by atoms with E-state index >= 15 is 0 Å². The number of hydrogen-bond acceptors (Lipinski definition) is 0. The van der Waals surface area contributed by atoms with Crippen LogP contribution >= 0.6 is 67.8 Å². The highest BCUT2D eigenvalue weighted by Gasteiger charge is 2.31. The Balaban J connectivity index is 2.48. The maximum atomic E-state index is 2.64. The number of halogens is 3. The van der Waals surface area contributed by atoms with Gasteiger partial charge in [0, 0.05) is 11.8 Å². The van der Waals surface area contributed by atoms with Gasteiger partial charge >= 0.3 is 0 Å². The summed E-state index contributed by atoms with van der Waals surface area (Å²) in [6.45, 7) is 2.33. The number of alkyl halides is 3. The van der Waals surface area contributed by atoms with Gasteiger partial charge in [-0.2, -0.15) is 0 Å². The third kappa shape index (κ3) is 3.11. The van der Waals surface area contributed by atoms with Crippen LogP contribution in [-0.4, -0.2) is 11.8 Å². The van der Waals surface area contributed by atoms with Crippen molar-refractivity contribution in [1.82, 2.24) is 0 Å². The zero-order valence-corrected chi connectivity index (χ0v) is 13.0. The van der Waals surface area contributed by atoms with E-state index in [1.165, 1.54) is 19.3 Å². The maximum absolute atomic E-state index is 2.64. The SMILES string of the molecule is CCC1CC(I)C(I)CC1I. The molecule has 0 aliphatic heterocycles. The summed E-state index contributed by atoms with van der Waals surface area (Å²) >= 11 is 7.87. The van der Waals surface area contributed by atoms with Gasteiger partial charge in [-0.15, -0.1) is 0 Å². The second kappa shape index (κ2) is 5.17. The molecule has 0 aromatic carbocycles. The Morgan fingerprint density at radius 3 is 2.09 bits per heavy atom. The van der Waals surface area contributed by atoms with Crippen LogP contribution in [0.15, 0.2) is 0 Å². The minimum Gasteiger partial charge on any atom is -0.0823 e. The second-order valence-electron chi connectivity index (χ2n) is 3.19. The molecule has 1 saturated carbocycles. The van der Waals surface area contributed by atoms with E-state index in [2.05, 4.69) is 74.7 Å². The third-order valence-corrected chi connectivity index (χ3v) is 8.06. The summed E-state index contributed by atoms with van der Waals surface area (Å²) in [4.78, 5) is 0. The van der Waals surface area contributed by atoms with Crippen molar-refractivity contribution < 1.29 is 0 Å². The van der Waals surface area contributed by atoms with Gasteiger partial charge in [0.05, 0.1) is 0 Å². The highest BCUT2D eigenvalue weighted by atomic mass is 127. The first kappa shape index (κ1) is 11.3. The number of hydrogen-bond donors (Lipinski definition) is 0. The predicted octanol–water partition coefficient (Wildman–Crippen LogP) is 4.22. The molecule has 0 aromatic heterocycles. The number of rotatable bonds is 1. The lowest BCUT2D eigenvalue weighted by molar-refractivity contribution is 0.400. The van der Waals surface area contributed by atoms with Crippen LogP contribution in [0, 0.1) is 5.92 Å². The Hall–Kier alpha value is 2.19. The largest absolute Gasteiger partial charge is 0.0823 e. The van der Waals surface area contributed by atoms with Gasteiger partial charge in [-0.25, -0.2) is 0 Å². The van der Waals surface area contributed by atoms with Crippen molar-refractivity contribution in [2.75, 3.05) is 0 Å². The summed E-state index contributed by atoms with van der Waals surface area (Å²) in [5.74, 6) is 0.989. The fraction of sp³-hybridized carbons (Fsp3) is 1.00. The smallest absolute Gasteiger partial charge is 0.0238 e. The monoisotopic (exact) mass is 490 g/mol. The van der Waals surface area contributed by atoms with Crippen molar-refractivity contribution in [2.24, 2.45) is 5.92 Å². The molecule has 3 heteroatoms. The van der Waals surface area contributed by atoms with Crippen LogP contribution < -0.4 is 0 Å². The van der Waals surface area contributed by atoms with Crippen LogP contribution in [0.5, 0.6) is 0 Å². The molecule has 0 bridgehead atoms. The molecule has 1 aliphatic rings. The second-order valence-corrected chi connectivity index (χ2v) is 7.99. The molecule has 66 valence electrons. The Bertz CT molecular complexity index is 127. The van der Waals surface area contributed by atoms with E-state index in [0.29, 0.717) is 0 Å². The van der Waals surface area contributed by atoms with Crippen LogP contribution in [0.1, 0.15) is 26.2 Å². The fourth-order valence-corrected chi connectivity index (χ4v) is 5.67. The Kier molecular flexibility index (Phi) is 5.29. The van der Waals surface area contributed by atoms with Gasteiger partial charge in [-0.05, 0) is 18.8 Å². The normalized spacial score (nSPS) is 45.8. The third-order valence-electron chi connectivity index (χ3n) is 2.41. The molecular formula is C8H13I3. The molecule has 0 N–H and O–H groups in total.